The molecular weight excluding hydrogens is 198 g/mol. The zero-order chi connectivity index (χ0) is 11.4. The van der Waals surface area contributed by atoms with Crippen molar-refractivity contribution in [3.8, 4) is 0 Å². The predicted molar refractivity (Wildman–Crippen MR) is 67.4 cm³/mol. The lowest BCUT2D eigenvalue weighted by atomic mass is 9.75. The normalized spacial score (nSPS) is 40.1. The number of rotatable bonds is 4. The summed E-state index contributed by atoms with van der Waals surface area (Å²) in [7, 11) is 0. The maximum absolute atomic E-state index is 6.47. The summed E-state index contributed by atoms with van der Waals surface area (Å²) in [5, 5.41) is 0. The first-order valence-electron chi connectivity index (χ1n) is 7.08. The minimum Gasteiger partial charge on any atom is -0.378 e. The molecule has 0 bridgehead atoms. The number of hydrogen-bond acceptors (Lipinski definition) is 2. The predicted octanol–water partition coefficient (Wildman–Crippen LogP) is 3.24. The zero-order valence-corrected chi connectivity index (χ0v) is 10.7. The van der Waals surface area contributed by atoms with Crippen molar-refractivity contribution < 1.29 is 4.74 Å². The van der Waals surface area contributed by atoms with Crippen LogP contribution in [-0.4, -0.2) is 18.2 Å². The molecular formula is C14H27NO. The molecule has 0 spiro atoms. The van der Waals surface area contributed by atoms with Gasteiger partial charge in [0, 0.05) is 12.1 Å². The highest BCUT2D eigenvalue weighted by molar-refractivity contribution is 4.89. The third-order valence-electron chi connectivity index (χ3n) is 4.49. The van der Waals surface area contributed by atoms with Crippen LogP contribution in [0.25, 0.3) is 0 Å². The summed E-state index contributed by atoms with van der Waals surface area (Å²) in [4.78, 5) is 0. The molecule has 94 valence electrons. The van der Waals surface area contributed by atoms with Crippen molar-refractivity contribution in [3.05, 3.63) is 0 Å². The Morgan fingerprint density at radius 1 is 1.25 bits per heavy atom. The molecule has 2 rings (SSSR count). The fourth-order valence-electron chi connectivity index (χ4n) is 3.14. The molecule has 1 heterocycles. The van der Waals surface area contributed by atoms with E-state index in [1.165, 1.54) is 57.8 Å². The van der Waals surface area contributed by atoms with Gasteiger partial charge in [-0.15, -0.1) is 0 Å². The number of ether oxygens (including phenoxy) is 1. The fourth-order valence-corrected chi connectivity index (χ4v) is 3.14. The van der Waals surface area contributed by atoms with Crippen LogP contribution >= 0.6 is 0 Å². The Hall–Kier alpha value is -0.0800. The highest BCUT2D eigenvalue weighted by atomic mass is 16.5. The van der Waals surface area contributed by atoms with Crippen LogP contribution in [0.4, 0.5) is 0 Å². The van der Waals surface area contributed by atoms with Crippen molar-refractivity contribution in [1.29, 1.82) is 0 Å². The van der Waals surface area contributed by atoms with Gasteiger partial charge in [0.2, 0.25) is 0 Å². The molecule has 2 N–H and O–H groups in total. The molecule has 1 saturated heterocycles. The van der Waals surface area contributed by atoms with E-state index in [1.54, 1.807) is 0 Å². The highest BCUT2D eigenvalue weighted by Crippen LogP contribution is 2.33. The average Bonchev–Trinajstić information content (AvgIpc) is 2.76. The van der Waals surface area contributed by atoms with Gasteiger partial charge in [0.1, 0.15) is 0 Å². The van der Waals surface area contributed by atoms with Crippen LogP contribution < -0.4 is 5.73 Å². The van der Waals surface area contributed by atoms with Crippen LogP contribution in [0.1, 0.15) is 64.7 Å². The van der Waals surface area contributed by atoms with Crippen LogP contribution in [0, 0.1) is 5.92 Å². The van der Waals surface area contributed by atoms with E-state index in [4.69, 9.17) is 10.5 Å². The SMILES string of the molecule is CC1CCC(N)(CCCC2CCCO2)CC1. The lowest BCUT2D eigenvalue weighted by Gasteiger charge is -2.36. The molecule has 2 heteroatoms. The van der Waals surface area contributed by atoms with Gasteiger partial charge in [0.05, 0.1) is 6.10 Å². The average molecular weight is 225 g/mol. The molecule has 1 aliphatic heterocycles. The van der Waals surface area contributed by atoms with E-state index in [-0.39, 0.29) is 5.54 Å². The van der Waals surface area contributed by atoms with E-state index < -0.39 is 0 Å². The molecule has 1 aliphatic carbocycles. The Morgan fingerprint density at radius 3 is 2.62 bits per heavy atom. The summed E-state index contributed by atoms with van der Waals surface area (Å²) >= 11 is 0. The molecule has 0 amide bonds. The van der Waals surface area contributed by atoms with Gasteiger partial charge in [-0.2, -0.15) is 0 Å². The van der Waals surface area contributed by atoms with Gasteiger partial charge >= 0.3 is 0 Å². The molecule has 0 aromatic carbocycles. The molecule has 0 radical (unpaired) electrons. The Morgan fingerprint density at radius 2 is 2.00 bits per heavy atom. The van der Waals surface area contributed by atoms with Crippen LogP contribution in [0.3, 0.4) is 0 Å². The first-order valence-corrected chi connectivity index (χ1v) is 7.08. The van der Waals surface area contributed by atoms with Crippen molar-refractivity contribution in [2.24, 2.45) is 11.7 Å². The second kappa shape index (κ2) is 5.50. The Kier molecular flexibility index (Phi) is 4.26. The van der Waals surface area contributed by atoms with Crippen molar-refractivity contribution >= 4 is 0 Å². The Balaban J connectivity index is 1.64. The van der Waals surface area contributed by atoms with Gasteiger partial charge in [0.25, 0.3) is 0 Å². The van der Waals surface area contributed by atoms with Crippen LogP contribution in [0.15, 0.2) is 0 Å². The van der Waals surface area contributed by atoms with E-state index in [2.05, 4.69) is 6.92 Å². The van der Waals surface area contributed by atoms with E-state index in [1.807, 2.05) is 0 Å². The van der Waals surface area contributed by atoms with Gasteiger partial charge in [-0.05, 0) is 63.7 Å². The maximum Gasteiger partial charge on any atom is 0.0576 e. The van der Waals surface area contributed by atoms with E-state index >= 15 is 0 Å². The number of nitrogens with two attached hydrogens (primary N) is 1. The smallest absolute Gasteiger partial charge is 0.0576 e. The van der Waals surface area contributed by atoms with Crippen molar-refractivity contribution in [3.63, 3.8) is 0 Å². The minimum absolute atomic E-state index is 0.158. The van der Waals surface area contributed by atoms with Crippen molar-refractivity contribution in [1.82, 2.24) is 0 Å². The summed E-state index contributed by atoms with van der Waals surface area (Å²) in [6.07, 6.45) is 11.9. The molecule has 2 nitrogen and oxygen atoms in total. The first kappa shape index (κ1) is 12.4. The van der Waals surface area contributed by atoms with E-state index in [0.717, 1.165) is 12.5 Å². The lowest BCUT2D eigenvalue weighted by molar-refractivity contribution is 0.0983. The van der Waals surface area contributed by atoms with E-state index in [0.29, 0.717) is 6.10 Å². The van der Waals surface area contributed by atoms with Gasteiger partial charge in [-0.3, -0.25) is 0 Å². The largest absolute Gasteiger partial charge is 0.378 e. The summed E-state index contributed by atoms with van der Waals surface area (Å²) in [5.74, 6) is 0.898. The lowest BCUT2D eigenvalue weighted by Crippen LogP contribution is -2.43. The summed E-state index contributed by atoms with van der Waals surface area (Å²) in [6.45, 7) is 3.34. The quantitative estimate of drug-likeness (QED) is 0.797. The van der Waals surface area contributed by atoms with Crippen molar-refractivity contribution in [2.45, 2.75) is 76.4 Å². The van der Waals surface area contributed by atoms with Crippen LogP contribution in [0.5, 0.6) is 0 Å². The number of hydrogen-bond donors (Lipinski definition) is 1. The molecule has 1 saturated carbocycles. The molecule has 2 fully saturated rings. The van der Waals surface area contributed by atoms with Gasteiger partial charge in [0.15, 0.2) is 0 Å². The molecule has 0 aromatic heterocycles. The summed E-state index contributed by atoms with van der Waals surface area (Å²) < 4.78 is 5.65. The fraction of sp³-hybridized carbons (Fsp3) is 1.00. The van der Waals surface area contributed by atoms with Crippen molar-refractivity contribution in [2.75, 3.05) is 6.61 Å². The third-order valence-corrected chi connectivity index (χ3v) is 4.49. The van der Waals surface area contributed by atoms with Gasteiger partial charge < -0.3 is 10.5 Å². The standard InChI is InChI=1S/C14H27NO/c1-12-6-9-14(15,10-7-12)8-2-4-13-5-3-11-16-13/h12-13H,2-11,15H2,1H3. The van der Waals surface area contributed by atoms with E-state index in [9.17, 15) is 0 Å². The van der Waals surface area contributed by atoms with Gasteiger partial charge in [-0.1, -0.05) is 6.92 Å². The first-order chi connectivity index (χ1) is 7.68. The summed E-state index contributed by atoms with van der Waals surface area (Å²) in [6, 6.07) is 0. The monoisotopic (exact) mass is 225 g/mol. The Bertz CT molecular complexity index is 203. The summed E-state index contributed by atoms with van der Waals surface area (Å²) in [5.41, 5.74) is 6.62. The maximum atomic E-state index is 6.47. The Labute approximate surface area is 99.9 Å². The second-order valence-corrected chi connectivity index (χ2v) is 6.07. The molecule has 2 aliphatic rings. The molecule has 16 heavy (non-hydrogen) atoms. The van der Waals surface area contributed by atoms with Crippen LogP contribution in [-0.2, 0) is 4.74 Å². The third kappa shape index (κ3) is 3.46. The molecule has 1 atom stereocenters. The zero-order valence-electron chi connectivity index (χ0n) is 10.7. The van der Waals surface area contributed by atoms with Crippen LogP contribution in [0.2, 0.25) is 0 Å². The molecule has 1 unspecified atom stereocenters. The van der Waals surface area contributed by atoms with Gasteiger partial charge in [-0.25, -0.2) is 0 Å². The minimum atomic E-state index is 0.158. The highest BCUT2D eigenvalue weighted by Gasteiger charge is 2.29. The second-order valence-electron chi connectivity index (χ2n) is 6.07. The topological polar surface area (TPSA) is 35.2 Å². The molecule has 0 aromatic rings.